The van der Waals surface area contributed by atoms with Crippen molar-refractivity contribution in [3.63, 3.8) is 0 Å². The highest BCUT2D eigenvalue weighted by molar-refractivity contribution is 7.92. The Balaban J connectivity index is 1.56. The molecular weight excluding hydrogens is 390 g/mol. The number of sulfonamides is 1. The summed E-state index contributed by atoms with van der Waals surface area (Å²) in [6.07, 6.45) is 3.73. The van der Waals surface area contributed by atoms with Crippen LogP contribution >= 0.6 is 0 Å². The van der Waals surface area contributed by atoms with Crippen molar-refractivity contribution in [1.82, 2.24) is 4.90 Å². The zero-order valence-electron chi connectivity index (χ0n) is 16.2. The van der Waals surface area contributed by atoms with Gasteiger partial charge in [-0.2, -0.15) is 0 Å². The number of nitrogens with zero attached hydrogens (tertiary/aromatic N) is 2. The molecule has 1 fully saturated rings. The summed E-state index contributed by atoms with van der Waals surface area (Å²) in [6, 6.07) is 12.4. The van der Waals surface area contributed by atoms with Gasteiger partial charge in [-0.3, -0.25) is 13.9 Å². The Bertz CT molecular complexity index is 1080. The summed E-state index contributed by atoms with van der Waals surface area (Å²) in [6.45, 7) is 0.861. The van der Waals surface area contributed by atoms with Crippen LogP contribution in [0.25, 0.3) is 0 Å². The van der Waals surface area contributed by atoms with E-state index < -0.39 is 15.9 Å². The van der Waals surface area contributed by atoms with Gasteiger partial charge < -0.3 is 10.6 Å². The van der Waals surface area contributed by atoms with E-state index in [1.54, 1.807) is 24.3 Å². The Morgan fingerprint density at radius 1 is 1.10 bits per heavy atom. The lowest BCUT2D eigenvalue weighted by Crippen LogP contribution is -2.32. The fraction of sp³-hybridized carbons (Fsp3) is 0.333. The molecule has 0 unspecified atom stereocenters. The number of amides is 2. The van der Waals surface area contributed by atoms with E-state index in [2.05, 4.69) is 0 Å². The number of rotatable bonds is 6. The maximum absolute atomic E-state index is 13.2. The van der Waals surface area contributed by atoms with E-state index in [9.17, 15) is 18.0 Å². The molecule has 7 nitrogen and oxygen atoms in total. The third-order valence-electron chi connectivity index (χ3n) is 5.42. The van der Waals surface area contributed by atoms with E-state index in [1.165, 1.54) is 10.6 Å². The van der Waals surface area contributed by atoms with Gasteiger partial charge >= 0.3 is 0 Å². The third-order valence-corrected chi connectivity index (χ3v) is 6.60. The predicted octanol–water partition coefficient (Wildman–Crippen LogP) is 1.91. The Labute approximate surface area is 170 Å². The summed E-state index contributed by atoms with van der Waals surface area (Å²) < 4.78 is 25.2. The molecule has 0 atom stereocenters. The van der Waals surface area contributed by atoms with Crippen LogP contribution in [0, 0.1) is 0 Å². The first-order valence-electron chi connectivity index (χ1n) is 9.54. The average molecular weight is 413 g/mol. The van der Waals surface area contributed by atoms with Crippen LogP contribution in [0.15, 0.2) is 42.5 Å². The summed E-state index contributed by atoms with van der Waals surface area (Å²) in [5.74, 6) is -0.542. The predicted molar refractivity (Wildman–Crippen MR) is 110 cm³/mol. The lowest BCUT2D eigenvalue weighted by Gasteiger charge is -2.23. The van der Waals surface area contributed by atoms with Gasteiger partial charge in [0.1, 0.15) is 0 Å². The van der Waals surface area contributed by atoms with Crippen molar-refractivity contribution in [2.75, 3.05) is 17.1 Å². The standard InChI is InChI=1S/C21H23N3O4S/c1-29(27,28)24-11-10-16-12-17(6-9-19(16)24)21(26)23(18-7-8-18)13-14-2-4-15(5-3-14)20(22)25/h2-6,9,12,18H,7-8,10-11,13H2,1H3,(H2,22,25). The Morgan fingerprint density at radius 3 is 2.34 bits per heavy atom. The molecule has 4 rings (SSSR count). The molecule has 1 heterocycles. The van der Waals surface area contributed by atoms with Gasteiger partial charge in [0, 0.05) is 30.3 Å². The lowest BCUT2D eigenvalue weighted by molar-refractivity contribution is 0.0729. The topological polar surface area (TPSA) is 101 Å². The largest absolute Gasteiger partial charge is 0.366 e. The quantitative estimate of drug-likeness (QED) is 0.782. The Hall–Kier alpha value is -2.87. The van der Waals surface area contributed by atoms with Gasteiger partial charge in [0.15, 0.2) is 0 Å². The molecule has 0 spiro atoms. The fourth-order valence-corrected chi connectivity index (χ4v) is 4.70. The van der Waals surface area contributed by atoms with E-state index in [1.807, 2.05) is 23.1 Å². The second kappa shape index (κ2) is 7.18. The van der Waals surface area contributed by atoms with Gasteiger partial charge in [-0.1, -0.05) is 12.1 Å². The molecule has 0 bridgehead atoms. The molecular formula is C21H23N3O4S. The van der Waals surface area contributed by atoms with Crippen LogP contribution in [-0.2, 0) is 23.0 Å². The highest BCUT2D eigenvalue weighted by Gasteiger charge is 2.34. The highest BCUT2D eigenvalue weighted by Crippen LogP contribution is 2.33. The van der Waals surface area contributed by atoms with E-state index in [-0.39, 0.29) is 11.9 Å². The molecule has 2 N–H and O–H groups in total. The monoisotopic (exact) mass is 413 g/mol. The van der Waals surface area contributed by atoms with Crippen molar-refractivity contribution >= 4 is 27.5 Å². The summed E-state index contributed by atoms with van der Waals surface area (Å²) >= 11 is 0. The zero-order chi connectivity index (χ0) is 20.8. The van der Waals surface area contributed by atoms with Crippen molar-refractivity contribution < 1.29 is 18.0 Å². The maximum atomic E-state index is 13.2. The Kier molecular flexibility index (Phi) is 4.82. The van der Waals surface area contributed by atoms with E-state index in [0.717, 1.165) is 24.0 Å². The van der Waals surface area contributed by atoms with Gasteiger partial charge in [-0.15, -0.1) is 0 Å². The van der Waals surface area contributed by atoms with Crippen molar-refractivity contribution in [2.45, 2.75) is 31.8 Å². The van der Waals surface area contributed by atoms with Crippen molar-refractivity contribution in [3.05, 3.63) is 64.7 Å². The first kappa shape index (κ1) is 19.4. The number of fused-ring (bicyclic) bond motifs is 1. The molecule has 1 aliphatic heterocycles. The lowest BCUT2D eigenvalue weighted by atomic mass is 10.1. The average Bonchev–Trinajstić information content (AvgIpc) is 3.42. The first-order chi connectivity index (χ1) is 13.7. The number of hydrogen-bond donors (Lipinski definition) is 1. The second-order valence-corrected chi connectivity index (χ2v) is 9.56. The molecule has 1 saturated carbocycles. The van der Waals surface area contributed by atoms with Gasteiger partial charge in [-0.25, -0.2) is 8.42 Å². The molecule has 2 aliphatic rings. The molecule has 0 aromatic heterocycles. The molecule has 2 aromatic carbocycles. The maximum Gasteiger partial charge on any atom is 0.254 e. The SMILES string of the molecule is CS(=O)(=O)N1CCc2cc(C(=O)N(Cc3ccc(C(N)=O)cc3)C3CC3)ccc21. The van der Waals surface area contributed by atoms with Crippen LogP contribution in [0.4, 0.5) is 5.69 Å². The number of benzene rings is 2. The number of primary amides is 1. The molecule has 152 valence electrons. The van der Waals surface area contributed by atoms with E-state index >= 15 is 0 Å². The molecule has 2 amide bonds. The van der Waals surface area contributed by atoms with Crippen molar-refractivity contribution in [1.29, 1.82) is 0 Å². The number of anilines is 1. The van der Waals surface area contributed by atoms with Crippen molar-refractivity contribution in [2.24, 2.45) is 5.73 Å². The molecule has 0 radical (unpaired) electrons. The summed E-state index contributed by atoms with van der Waals surface area (Å²) in [5.41, 5.74) is 8.75. The normalized spacial score (nSPS) is 15.8. The molecule has 2 aromatic rings. The van der Waals surface area contributed by atoms with Crippen LogP contribution in [0.5, 0.6) is 0 Å². The third kappa shape index (κ3) is 3.98. The highest BCUT2D eigenvalue weighted by atomic mass is 32.2. The fourth-order valence-electron chi connectivity index (χ4n) is 3.74. The first-order valence-corrected chi connectivity index (χ1v) is 11.4. The van der Waals surface area contributed by atoms with Crippen LogP contribution in [0.2, 0.25) is 0 Å². The number of hydrogen-bond acceptors (Lipinski definition) is 4. The number of carbonyl (C=O) groups is 2. The van der Waals surface area contributed by atoms with Gasteiger partial charge in [0.2, 0.25) is 15.9 Å². The smallest absolute Gasteiger partial charge is 0.254 e. The second-order valence-electron chi connectivity index (χ2n) is 7.65. The number of carbonyl (C=O) groups excluding carboxylic acids is 2. The van der Waals surface area contributed by atoms with E-state index in [4.69, 9.17) is 5.73 Å². The number of nitrogens with two attached hydrogens (primary N) is 1. The zero-order valence-corrected chi connectivity index (χ0v) is 17.0. The van der Waals surface area contributed by atoms with Crippen molar-refractivity contribution in [3.8, 4) is 0 Å². The van der Waals surface area contributed by atoms with E-state index in [0.29, 0.717) is 36.3 Å². The molecule has 29 heavy (non-hydrogen) atoms. The Morgan fingerprint density at radius 2 is 1.76 bits per heavy atom. The van der Waals surface area contributed by atoms with Crippen LogP contribution < -0.4 is 10.0 Å². The summed E-state index contributed by atoms with van der Waals surface area (Å²) in [5, 5.41) is 0. The van der Waals surface area contributed by atoms with Gasteiger partial charge in [-0.05, 0) is 60.7 Å². The van der Waals surface area contributed by atoms with Crippen LogP contribution in [0.1, 0.15) is 44.7 Å². The van der Waals surface area contributed by atoms with Crippen LogP contribution in [0.3, 0.4) is 0 Å². The minimum absolute atomic E-state index is 0.0629. The van der Waals surface area contributed by atoms with Gasteiger partial charge in [0.05, 0.1) is 11.9 Å². The minimum Gasteiger partial charge on any atom is -0.366 e. The molecule has 0 saturated heterocycles. The summed E-state index contributed by atoms with van der Waals surface area (Å²) in [4.78, 5) is 26.3. The molecule has 1 aliphatic carbocycles. The minimum atomic E-state index is -3.31. The molecule has 8 heteroatoms. The van der Waals surface area contributed by atoms with Gasteiger partial charge in [0.25, 0.3) is 5.91 Å². The van der Waals surface area contributed by atoms with Crippen LogP contribution in [-0.4, -0.2) is 44.0 Å². The summed E-state index contributed by atoms with van der Waals surface area (Å²) in [7, 11) is -3.31.